The lowest BCUT2D eigenvalue weighted by Crippen LogP contribution is -2.42. The van der Waals surface area contributed by atoms with Crippen molar-refractivity contribution in [2.75, 3.05) is 52.9 Å². The first-order valence-corrected chi connectivity index (χ1v) is 11.8. The van der Waals surface area contributed by atoms with Gasteiger partial charge in [-0.3, -0.25) is 4.67 Å². The third-order valence-electron chi connectivity index (χ3n) is 3.95. The van der Waals surface area contributed by atoms with Gasteiger partial charge in [0.25, 0.3) is 0 Å². The van der Waals surface area contributed by atoms with Gasteiger partial charge < -0.3 is 20.7 Å². The number of thiol groups is 1. The molecule has 2 aliphatic heterocycles. The lowest BCUT2D eigenvalue weighted by Gasteiger charge is -2.36. The second-order valence-electron chi connectivity index (χ2n) is 5.47. The van der Waals surface area contributed by atoms with Crippen molar-refractivity contribution in [2.45, 2.75) is 6.04 Å². The van der Waals surface area contributed by atoms with E-state index in [4.69, 9.17) is 16.5 Å². The summed E-state index contributed by atoms with van der Waals surface area (Å²) < 4.78 is 7.51. The largest absolute Gasteiger partial charge is 0.497 e. The fourth-order valence-electron chi connectivity index (χ4n) is 2.66. The van der Waals surface area contributed by atoms with Crippen LogP contribution in [0.4, 0.5) is 0 Å². The van der Waals surface area contributed by atoms with Crippen molar-refractivity contribution in [3.63, 3.8) is 0 Å². The van der Waals surface area contributed by atoms with Gasteiger partial charge in [-0.15, -0.1) is 12.2 Å². The van der Waals surface area contributed by atoms with Crippen LogP contribution in [0, 0.1) is 0 Å². The zero-order valence-corrected chi connectivity index (χ0v) is 16.3. The lowest BCUT2D eigenvalue weighted by molar-refractivity contribution is 0.293. The number of hydrogen-bond donors (Lipinski definition) is 4. The molecule has 8 heteroatoms. The monoisotopic (exact) mass is 374 g/mol. The van der Waals surface area contributed by atoms with Crippen molar-refractivity contribution in [1.29, 1.82) is 0 Å². The summed E-state index contributed by atoms with van der Waals surface area (Å²) in [6.07, 6.45) is 0. The minimum atomic E-state index is -1.11. The van der Waals surface area contributed by atoms with Gasteiger partial charge in [0, 0.05) is 45.8 Å². The Labute approximate surface area is 150 Å². The fraction of sp³-hybridized carbons (Fsp3) is 0.600. The number of rotatable bonds is 3. The van der Waals surface area contributed by atoms with Crippen LogP contribution in [0.1, 0.15) is 11.6 Å². The van der Waals surface area contributed by atoms with Crippen molar-refractivity contribution < 1.29 is 4.74 Å². The predicted octanol–water partition coefficient (Wildman–Crippen LogP) is 1.26. The number of methoxy groups -OCH3 is 1. The maximum Gasteiger partial charge on any atom is 0.118 e. The van der Waals surface area contributed by atoms with E-state index in [-0.39, 0.29) is 0 Å². The number of ether oxygens (including phenoxy) is 1. The Morgan fingerprint density at radius 3 is 2.17 bits per heavy atom. The van der Waals surface area contributed by atoms with Crippen LogP contribution in [0.25, 0.3) is 0 Å². The zero-order valence-electron chi connectivity index (χ0n) is 13.5. The van der Waals surface area contributed by atoms with E-state index in [0.717, 1.165) is 51.6 Å². The lowest BCUT2D eigenvalue weighted by atomic mass is 10.1. The van der Waals surface area contributed by atoms with Crippen molar-refractivity contribution in [3.05, 3.63) is 29.8 Å². The zero-order chi connectivity index (χ0) is 16.5. The maximum absolute atomic E-state index is 5.36. The van der Waals surface area contributed by atoms with E-state index in [2.05, 4.69) is 45.0 Å². The van der Waals surface area contributed by atoms with Crippen LogP contribution in [-0.4, -0.2) is 57.6 Å². The Balaban J connectivity index is 0.000000268. The molecule has 2 aliphatic rings. The quantitative estimate of drug-likeness (QED) is 0.472. The predicted molar refractivity (Wildman–Crippen MR) is 106 cm³/mol. The normalized spacial score (nSPS) is 23.5. The first-order chi connectivity index (χ1) is 11.2. The first-order valence-electron chi connectivity index (χ1n) is 7.98. The molecule has 1 aromatic carbocycles. The summed E-state index contributed by atoms with van der Waals surface area (Å²) in [6, 6.07) is 7.45. The van der Waals surface area contributed by atoms with Crippen molar-refractivity contribution in [1.82, 2.24) is 20.6 Å². The van der Waals surface area contributed by atoms with Crippen LogP contribution in [0.5, 0.6) is 5.75 Å². The van der Waals surface area contributed by atoms with Crippen LogP contribution in [0.3, 0.4) is 0 Å². The molecule has 2 fully saturated rings. The van der Waals surface area contributed by atoms with Gasteiger partial charge in [0.15, 0.2) is 0 Å². The number of nitrogens with zero attached hydrogens (tertiary/aromatic N) is 1. The summed E-state index contributed by atoms with van der Waals surface area (Å²) in [4.78, 5) is 0. The van der Waals surface area contributed by atoms with Gasteiger partial charge >= 0.3 is 0 Å². The molecule has 2 atom stereocenters. The van der Waals surface area contributed by atoms with Gasteiger partial charge in [-0.25, -0.2) is 0 Å². The standard InChI is InChI=1S/C11H17N2OPS2.C4H10N2/c1-14-10-4-2-9(3-5-10)11-8-12-6-7-13(11)15(16)17;1-2-6-4-3-5-1/h2-5,11-12,15H,6-8H2,1H3,(H,16,17);5-6H,1-4H2. The molecule has 3 N–H and O–H groups in total. The minimum Gasteiger partial charge on any atom is -0.497 e. The Kier molecular flexibility index (Phi) is 8.90. The third-order valence-corrected chi connectivity index (χ3v) is 6.45. The molecule has 2 heterocycles. The second kappa shape index (κ2) is 10.7. The fourth-order valence-corrected chi connectivity index (χ4v) is 4.84. The van der Waals surface area contributed by atoms with E-state index in [1.165, 1.54) is 5.56 Å². The van der Waals surface area contributed by atoms with Crippen LogP contribution in [-0.2, 0) is 11.8 Å². The molecule has 0 saturated carbocycles. The average Bonchev–Trinajstić information content (AvgIpc) is 2.64. The van der Waals surface area contributed by atoms with Crippen molar-refractivity contribution in [3.8, 4) is 5.75 Å². The molecule has 1 aromatic rings. The highest BCUT2D eigenvalue weighted by molar-refractivity contribution is 8.55. The molecule has 0 radical (unpaired) electrons. The van der Waals surface area contributed by atoms with Gasteiger partial charge in [0.2, 0.25) is 0 Å². The molecular weight excluding hydrogens is 347 g/mol. The minimum absolute atomic E-state index is 0.346. The van der Waals surface area contributed by atoms with E-state index in [0.29, 0.717) is 6.04 Å². The SMILES string of the molecule is C1CNCCN1.COc1ccc(C2CNCCN2[PH](=S)S)cc1. The van der Waals surface area contributed by atoms with E-state index in [9.17, 15) is 0 Å². The van der Waals surface area contributed by atoms with Crippen LogP contribution in [0.2, 0.25) is 0 Å². The smallest absolute Gasteiger partial charge is 0.118 e. The maximum atomic E-state index is 5.36. The summed E-state index contributed by atoms with van der Waals surface area (Å²) >= 11 is 9.84. The summed E-state index contributed by atoms with van der Waals surface area (Å²) in [5.41, 5.74) is 1.28. The molecular formula is C15H27N4OPS2. The highest BCUT2D eigenvalue weighted by Gasteiger charge is 2.24. The van der Waals surface area contributed by atoms with Crippen molar-refractivity contribution >= 4 is 30.1 Å². The molecule has 5 nitrogen and oxygen atoms in total. The molecule has 0 bridgehead atoms. The van der Waals surface area contributed by atoms with Crippen LogP contribution >= 0.6 is 18.3 Å². The van der Waals surface area contributed by atoms with E-state index >= 15 is 0 Å². The Morgan fingerprint density at radius 1 is 1.09 bits per heavy atom. The molecule has 3 rings (SSSR count). The molecule has 0 spiro atoms. The summed E-state index contributed by atoms with van der Waals surface area (Å²) in [7, 11) is 1.68. The Bertz CT molecular complexity index is 473. The third kappa shape index (κ3) is 6.35. The molecule has 23 heavy (non-hydrogen) atoms. The molecule has 130 valence electrons. The number of benzene rings is 1. The summed E-state index contributed by atoms with van der Waals surface area (Å²) in [5.74, 6) is 0.888. The topological polar surface area (TPSA) is 48.6 Å². The summed E-state index contributed by atoms with van der Waals surface area (Å²) in [5, 5.41) is 9.85. The highest BCUT2D eigenvalue weighted by Crippen LogP contribution is 2.40. The molecule has 0 aromatic heterocycles. The summed E-state index contributed by atoms with van der Waals surface area (Å²) in [6.45, 7) is 7.48. The number of nitrogens with one attached hydrogen (secondary N) is 3. The molecule has 0 amide bonds. The van der Waals surface area contributed by atoms with E-state index in [1.54, 1.807) is 7.11 Å². The van der Waals surface area contributed by atoms with Gasteiger partial charge in [0.1, 0.15) is 5.75 Å². The number of piperazine rings is 2. The Hall–Kier alpha value is -0.140. The van der Waals surface area contributed by atoms with Gasteiger partial charge in [-0.2, -0.15) is 0 Å². The molecule has 2 saturated heterocycles. The van der Waals surface area contributed by atoms with Crippen LogP contribution in [0.15, 0.2) is 24.3 Å². The molecule has 0 aliphatic carbocycles. The average molecular weight is 375 g/mol. The number of hydrogen-bond acceptors (Lipinski definition) is 5. The van der Waals surface area contributed by atoms with Crippen molar-refractivity contribution in [2.24, 2.45) is 0 Å². The second-order valence-corrected chi connectivity index (χ2v) is 9.95. The van der Waals surface area contributed by atoms with Gasteiger partial charge in [-0.05, 0) is 17.7 Å². The first kappa shape index (κ1) is 19.2. The van der Waals surface area contributed by atoms with Gasteiger partial charge in [0.05, 0.1) is 19.2 Å². The highest BCUT2D eigenvalue weighted by atomic mass is 32.9. The van der Waals surface area contributed by atoms with Crippen LogP contribution < -0.4 is 20.7 Å². The van der Waals surface area contributed by atoms with E-state index in [1.807, 2.05) is 12.1 Å². The Morgan fingerprint density at radius 2 is 1.70 bits per heavy atom. The van der Waals surface area contributed by atoms with Gasteiger partial charge in [-0.1, -0.05) is 23.9 Å². The molecule has 2 unspecified atom stereocenters. The van der Waals surface area contributed by atoms with E-state index < -0.39 is 6.05 Å².